The summed E-state index contributed by atoms with van der Waals surface area (Å²) < 4.78 is 58.1. The lowest BCUT2D eigenvalue weighted by Crippen LogP contribution is -2.01. The Balaban J connectivity index is 2.77. The average molecular weight is 270 g/mol. The molecule has 0 bridgehead atoms. The van der Waals surface area contributed by atoms with Gasteiger partial charge in [-0.15, -0.1) is 0 Å². The maximum Gasteiger partial charge on any atom is 0.295 e. The first-order valence-corrected chi connectivity index (χ1v) is 6.36. The van der Waals surface area contributed by atoms with Crippen LogP contribution in [0.5, 0.6) is 0 Å². The van der Waals surface area contributed by atoms with Gasteiger partial charge in [0.05, 0.1) is 0 Å². The molecule has 0 amide bonds. The summed E-state index contributed by atoms with van der Waals surface area (Å²) in [5.74, 6) is -2.24. The van der Waals surface area contributed by atoms with E-state index in [9.17, 15) is 17.2 Å². The van der Waals surface area contributed by atoms with Crippen molar-refractivity contribution < 1.29 is 21.8 Å². The summed E-state index contributed by atoms with van der Waals surface area (Å²) in [6.07, 6.45) is 0. The maximum absolute atomic E-state index is 13.6. The second-order valence-corrected chi connectivity index (χ2v) is 4.96. The second-order valence-electron chi connectivity index (χ2n) is 3.57. The minimum Gasteiger partial charge on any atom is -0.282 e. The lowest BCUT2D eigenvalue weighted by molar-refractivity contribution is 0.483. The zero-order chi connectivity index (χ0) is 13.3. The Morgan fingerprint density at radius 2 is 1.50 bits per heavy atom. The van der Waals surface area contributed by atoms with Gasteiger partial charge in [-0.3, -0.25) is 4.55 Å². The van der Waals surface area contributed by atoms with Gasteiger partial charge in [-0.05, 0) is 12.1 Å². The van der Waals surface area contributed by atoms with E-state index in [-0.39, 0.29) is 11.1 Å². The van der Waals surface area contributed by atoms with E-state index in [1.54, 1.807) is 0 Å². The van der Waals surface area contributed by atoms with Crippen LogP contribution in [0.1, 0.15) is 0 Å². The summed E-state index contributed by atoms with van der Waals surface area (Å²) in [6, 6.07) is 8.68. The molecular formula is C12H8F2O3S. The van der Waals surface area contributed by atoms with Gasteiger partial charge in [-0.2, -0.15) is 8.42 Å². The van der Waals surface area contributed by atoms with E-state index in [0.717, 1.165) is 12.1 Å². The van der Waals surface area contributed by atoms with Crippen molar-refractivity contribution >= 4 is 10.1 Å². The highest BCUT2D eigenvalue weighted by atomic mass is 32.2. The molecule has 1 N–H and O–H groups in total. The van der Waals surface area contributed by atoms with Gasteiger partial charge >= 0.3 is 0 Å². The van der Waals surface area contributed by atoms with Crippen molar-refractivity contribution in [2.75, 3.05) is 0 Å². The molecule has 18 heavy (non-hydrogen) atoms. The van der Waals surface area contributed by atoms with E-state index < -0.39 is 26.6 Å². The summed E-state index contributed by atoms with van der Waals surface area (Å²) in [4.78, 5) is -0.463. The Hall–Kier alpha value is -1.79. The van der Waals surface area contributed by atoms with Gasteiger partial charge in [-0.25, -0.2) is 8.78 Å². The van der Waals surface area contributed by atoms with Gasteiger partial charge in [0.2, 0.25) is 0 Å². The van der Waals surface area contributed by atoms with Crippen molar-refractivity contribution in [1.29, 1.82) is 0 Å². The third-order valence-electron chi connectivity index (χ3n) is 2.41. The van der Waals surface area contributed by atoms with E-state index in [0.29, 0.717) is 0 Å². The maximum atomic E-state index is 13.6. The zero-order valence-electron chi connectivity index (χ0n) is 8.97. The van der Waals surface area contributed by atoms with Crippen molar-refractivity contribution in [3.63, 3.8) is 0 Å². The van der Waals surface area contributed by atoms with Crippen molar-refractivity contribution in [3.05, 3.63) is 54.1 Å². The van der Waals surface area contributed by atoms with Gasteiger partial charge in [0, 0.05) is 11.1 Å². The molecule has 0 atom stereocenters. The Morgan fingerprint density at radius 1 is 0.889 bits per heavy atom. The Kier molecular flexibility index (Phi) is 3.14. The molecule has 2 rings (SSSR count). The normalized spacial score (nSPS) is 11.5. The molecule has 0 aliphatic carbocycles. The molecule has 0 saturated heterocycles. The zero-order valence-corrected chi connectivity index (χ0v) is 9.79. The monoisotopic (exact) mass is 270 g/mol. The molecule has 94 valence electrons. The number of halogens is 2. The van der Waals surface area contributed by atoms with Crippen LogP contribution in [0.3, 0.4) is 0 Å². The standard InChI is InChI=1S/C12H8F2O3S/c13-10-6-3-5-9(12(10)14)8-4-1-2-7-11(8)18(15,16)17/h1-7H,(H,15,16,17). The molecule has 2 aromatic rings. The molecule has 0 spiro atoms. The molecule has 0 saturated carbocycles. The van der Waals surface area contributed by atoms with Crippen molar-refractivity contribution in [2.45, 2.75) is 4.90 Å². The van der Waals surface area contributed by atoms with E-state index >= 15 is 0 Å². The largest absolute Gasteiger partial charge is 0.295 e. The third-order valence-corrected chi connectivity index (χ3v) is 3.32. The first kappa shape index (κ1) is 12.7. The van der Waals surface area contributed by atoms with E-state index in [1.165, 1.54) is 30.3 Å². The van der Waals surface area contributed by atoms with Crippen LogP contribution in [0.4, 0.5) is 8.78 Å². The second kappa shape index (κ2) is 4.47. The summed E-state index contributed by atoms with van der Waals surface area (Å²) in [7, 11) is -4.50. The van der Waals surface area contributed by atoms with Gasteiger partial charge in [0.1, 0.15) is 4.90 Å². The summed E-state index contributed by atoms with van der Waals surface area (Å²) >= 11 is 0. The molecule has 0 aliphatic rings. The fourth-order valence-corrected chi connectivity index (χ4v) is 2.33. The van der Waals surface area contributed by atoms with Crippen LogP contribution >= 0.6 is 0 Å². The van der Waals surface area contributed by atoms with Gasteiger partial charge < -0.3 is 0 Å². The fourth-order valence-electron chi connectivity index (χ4n) is 1.63. The Bertz CT molecular complexity index is 696. The van der Waals surface area contributed by atoms with Crippen molar-refractivity contribution in [3.8, 4) is 11.1 Å². The van der Waals surface area contributed by atoms with Crippen molar-refractivity contribution in [1.82, 2.24) is 0 Å². The molecule has 0 aromatic heterocycles. The molecule has 0 heterocycles. The number of hydrogen-bond acceptors (Lipinski definition) is 2. The van der Waals surface area contributed by atoms with Crippen LogP contribution in [0.25, 0.3) is 11.1 Å². The molecule has 2 aromatic carbocycles. The molecule has 0 aliphatic heterocycles. The Morgan fingerprint density at radius 3 is 2.17 bits per heavy atom. The molecule has 6 heteroatoms. The van der Waals surface area contributed by atoms with Crippen LogP contribution in [0.2, 0.25) is 0 Å². The van der Waals surface area contributed by atoms with E-state index in [4.69, 9.17) is 4.55 Å². The SMILES string of the molecule is O=S(=O)(O)c1ccccc1-c1cccc(F)c1F. The minimum absolute atomic E-state index is 0.0861. The molecule has 0 unspecified atom stereocenters. The predicted molar refractivity (Wildman–Crippen MR) is 61.6 cm³/mol. The molecule has 0 fully saturated rings. The Labute approximate surface area is 102 Å². The van der Waals surface area contributed by atoms with Gasteiger partial charge in [0.15, 0.2) is 11.6 Å². The quantitative estimate of drug-likeness (QED) is 0.854. The first-order valence-electron chi connectivity index (χ1n) is 4.92. The van der Waals surface area contributed by atoms with Crippen LogP contribution in [0.15, 0.2) is 47.4 Å². The summed E-state index contributed by atoms with van der Waals surface area (Å²) in [6.45, 7) is 0. The van der Waals surface area contributed by atoms with Gasteiger partial charge in [-0.1, -0.05) is 30.3 Å². The van der Waals surface area contributed by atoms with Crippen LogP contribution in [-0.2, 0) is 10.1 Å². The topological polar surface area (TPSA) is 54.4 Å². The molecular weight excluding hydrogens is 262 g/mol. The van der Waals surface area contributed by atoms with Gasteiger partial charge in [0.25, 0.3) is 10.1 Å². The lowest BCUT2D eigenvalue weighted by atomic mass is 10.1. The average Bonchev–Trinajstić information content (AvgIpc) is 2.32. The first-order chi connectivity index (χ1) is 8.41. The smallest absolute Gasteiger partial charge is 0.282 e. The highest BCUT2D eigenvalue weighted by Gasteiger charge is 2.19. The van der Waals surface area contributed by atoms with Crippen LogP contribution in [-0.4, -0.2) is 13.0 Å². The minimum atomic E-state index is -4.50. The third kappa shape index (κ3) is 2.25. The summed E-state index contributed by atoms with van der Waals surface area (Å²) in [5, 5.41) is 0. The summed E-state index contributed by atoms with van der Waals surface area (Å²) in [5.41, 5.74) is -0.305. The molecule has 0 radical (unpaired) electrons. The number of hydrogen-bond donors (Lipinski definition) is 1. The fraction of sp³-hybridized carbons (Fsp3) is 0. The van der Waals surface area contributed by atoms with Crippen molar-refractivity contribution in [2.24, 2.45) is 0 Å². The van der Waals surface area contributed by atoms with E-state index in [1.807, 2.05) is 0 Å². The van der Waals surface area contributed by atoms with Crippen LogP contribution < -0.4 is 0 Å². The van der Waals surface area contributed by atoms with Crippen LogP contribution in [0, 0.1) is 11.6 Å². The highest BCUT2D eigenvalue weighted by Crippen LogP contribution is 2.29. The van der Waals surface area contributed by atoms with E-state index in [2.05, 4.69) is 0 Å². The molecule has 3 nitrogen and oxygen atoms in total. The number of benzene rings is 2. The predicted octanol–water partition coefficient (Wildman–Crippen LogP) is 2.88. The number of rotatable bonds is 2. The highest BCUT2D eigenvalue weighted by molar-refractivity contribution is 7.86. The lowest BCUT2D eigenvalue weighted by Gasteiger charge is -2.08.